The molecule has 1 heterocycles. The van der Waals surface area contributed by atoms with Gasteiger partial charge in [0.25, 0.3) is 11.8 Å². The fourth-order valence-corrected chi connectivity index (χ4v) is 4.25. The van der Waals surface area contributed by atoms with Gasteiger partial charge in [-0.15, -0.1) is 11.3 Å². The molecule has 0 aliphatic rings. The second kappa shape index (κ2) is 8.78. The summed E-state index contributed by atoms with van der Waals surface area (Å²) in [5.41, 5.74) is 2.01. The normalized spacial score (nSPS) is 11.7. The SMILES string of the molecule is Cc1cc(NC(=O)c2ccccc2Cl)sc1C(=O)NC(C)c1ccccc1Cl. The fourth-order valence-electron chi connectivity index (χ4n) is 2.76. The summed E-state index contributed by atoms with van der Waals surface area (Å²) in [6.07, 6.45) is 0. The van der Waals surface area contributed by atoms with Crippen LogP contribution in [-0.2, 0) is 0 Å². The van der Waals surface area contributed by atoms with E-state index in [-0.39, 0.29) is 17.9 Å². The highest BCUT2D eigenvalue weighted by molar-refractivity contribution is 7.18. The van der Waals surface area contributed by atoms with Gasteiger partial charge in [-0.1, -0.05) is 53.5 Å². The summed E-state index contributed by atoms with van der Waals surface area (Å²) in [5, 5.41) is 7.32. The first-order chi connectivity index (χ1) is 13.4. The Morgan fingerprint density at radius 2 is 1.61 bits per heavy atom. The van der Waals surface area contributed by atoms with E-state index in [1.807, 2.05) is 32.0 Å². The zero-order valence-corrected chi connectivity index (χ0v) is 17.6. The van der Waals surface area contributed by atoms with E-state index >= 15 is 0 Å². The van der Waals surface area contributed by atoms with Gasteiger partial charge in [0.15, 0.2) is 0 Å². The maximum absolute atomic E-state index is 12.7. The molecule has 0 saturated heterocycles. The van der Waals surface area contributed by atoms with Gasteiger partial charge in [0.05, 0.1) is 26.5 Å². The predicted molar refractivity (Wildman–Crippen MR) is 116 cm³/mol. The molecule has 0 aliphatic heterocycles. The van der Waals surface area contributed by atoms with Gasteiger partial charge in [0.2, 0.25) is 0 Å². The van der Waals surface area contributed by atoms with E-state index in [1.54, 1.807) is 36.4 Å². The van der Waals surface area contributed by atoms with E-state index in [9.17, 15) is 9.59 Å². The topological polar surface area (TPSA) is 58.2 Å². The van der Waals surface area contributed by atoms with Crippen LogP contribution < -0.4 is 10.6 Å². The standard InChI is InChI=1S/C21H18Cl2N2O2S/c1-12-11-18(25-20(26)15-8-4-6-10-17(15)23)28-19(12)21(27)24-13(2)14-7-3-5-9-16(14)22/h3-11,13H,1-2H3,(H,24,27)(H,25,26). The van der Waals surface area contributed by atoms with Crippen molar-refractivity contribution in [2.75, 3.05) is 5.32 Å². The van der Waals surface area contributed by atoms with Gasteiger partial charge < -0.3 is 10.6 Å². The third-order valence-corrected chi connectivity index (χ3v) is 6.02. The smallest absolute Gasteiger partial charge is 0.262 e. The first-order valence-electron chi connectivity index (χ1n) is 8.58. The van der Waals surface area contributed by atoms with Crippen LogP contribution in [0.3, 0.4) is 0 Å². The van der Waals surface area contributed by atoms with Crippen molar-refractivity contribution in [3.05, 3.63) is 86.2 Å². The Labute approximate surface area is 177 Å². The third kappa shape index (κ3) is 4.55. The van der Waals surface area contributed by atoms with Gasteiger partial charge in [-0.25, -0.2) is 0 Å². The van der Waals surface area contributed by atoms with Crippen LogP contribution in [0.4, 0.5) is 5.00 Å². The summed E-state index contributed by atoms with van der Waals surface area (Å²) < 4.78 is 0. The molecule has 4 nitrogen and oxygen atoms in total. The number of carbonyl (C=O) groups excluding carboxylic acids is 2. The molecule has 2 aromatic carbocycles. The molecule has 0 fully saturated rings. The van der Waals surface area contributed by atoms with Crippen molar-refractivity contribution in [2.45, 2.75) is 19.9 Å². The molecular formula is C21H18Cl2N2O2S. The van der Waals surface area contributed by atoms with E-state index < -0.39 is 0 Å². The Kier molecular flexibility index (Phi) is 6.39. The molecule has 1 atom stereocenters. The molecule has 3 rings (SSSR count). The Morgan fingerprint density at radius 1 is 0.964 bits per heavy atom. The van der Waals surface area contributed by atoms with Gasteiger partial charge in [0.1, 0.15) is 0 Å². The zero-order chi connectivity index (χ0) is 20.3. The number of amides is 2. The van der Waals surface area contributed by atoms with Crippen molar-refractivity contribution in [2.24, 2.45) is 0 Å². The van der Waals surface area contributed by atoms with Gasteiger partial charge in [0, 0.05) is 5.02 Å². The maximum Gasteiger partial charge on any atom is 0.262 e. The largest absolute Gasteiger partial charge is 0.345 e. The Morgan fingerprint density at radius 3 is 2.29 bits per heavy atom. The highest BCUT2D eigenvalue weighted by Crippen LogP contribution is 2.29. The lowest BCUT2D eigenvalue weighted by Gasteiger charge is -2.15. The lowest BCUT2D eigenvalue weighted by molar-refractivity contribution is 0.0942. The van der Waals surface area contributed by atoms with Crippen molar-refractivity contribution >= 4 is 51.4 Å². The van der Waals surface area contributed by atoms with Crippen molar-refractivity contribution in [3.8, 4) is 0 Å². The van der Waals surface area contributed by atoms with Crippen LogP contribution in [0.15, 0.2) is 54.6 Å². The van der Waals surface area contributed by atoms with Gasteiger partial charge in [-0.2, -0.15) is 0 Å². The van der Waals surface area contributed by atoms with Gasteiger partial charge in [-0.05, 0) is 49.2 Å². The van der Waals surface area contributed by atoms with E-state index in [2.05, 4.69) is 10.6 Å². The number of nitrogens with one attached hydrogen (secondary N) is 2. The maximum atomic E-state index is 12.7. The molecule has 0 spiro atoms. The number of aryl methyl sites for hydroxylation is 1. The number of benzene rings is 2. The minimum atomic E-state index is -0.316. The number of hydrogen-bond acceptors (Lipinski definition) is 3. The molecule has 0 saturated carbocycles. The van der Waals surface area contributed by atoms with Crippen molar-refractivity contribution in [3.63, 3.8) is 0 Å². The predicted octanol–water partition coefficient (Wildman–Crippen LogP) is 6.11. The molecule has 2 N–H and O–H groups in total. The van der Waals surface area contributed by atoms with Crippen molar-refractivity contribution in [1.29, 1.82) is 0 Å². The zero-order valence-electron chi connectivity index (χ0n) is 15.3. The number of carbonyl (C=O) groups is 2. The van der Waals surface area contributed by atoms with Crippen LogP contribution >= 0.6 is 34.5 Å². The van der Waals surface area contributed by atoms with Crippen molar-refractivity contribution < 1.29 is 9.59 Å². The molecule has 0 aliphatic carbocycles. The Bertz CT molecular complexity index is 1030. The van der Waals surface area contributed by atoms with Crippen molar-refractivity contribution in [1.82, 2.24) is 5.32 Å². The van der Waals surface area contributed by atoms with Crippen LogP contribution in [0.1, 0.15) is 44.1 Å². The average molecular weight is 433 g/mol. The van der Waals surface area contributed by atoms with Crippen LogP contribution in [0.25, 0.3) is 0 Å². The van der Waals surface area contributed by atoms with Crippen LogP contribution in [-0.4, -0.2) is 11.8 Å². The molecule has 0 radical (unpaired) electrons. The molecular weight excluding hydrogens is 415 g/mol. The molecule has 28 heavy (non-hydrogen) atoms. The van der Waals surface area contributed by atoms with E-state index in [4.69, 9.17) is 23.2 Å². The molecule has 1 aromatic heterocycles. The molecule has 144 valence electrons. The fraction of sp³-hybridized carbons (Fsp3) is 0.143. The molecule has 2 amide bonds. The van der Waals surface area contributed by atoms with Gasteiger partial charge >= 0.3 is 0 Å². The molecule has 0 bridgehead atoms. The number of halogens is 2. The first-order valence-corrected chi connectivity index (χ1v) is 10.2. The van der Waals surface area contributed by atoms with Crippen LogP contribution in [0.5, 0.6) is 0 Å². The second-order valence-electron chi connectivity index (χ2n) is 6.27. The van der Waals surface area contributed by atoms with Crippen LogP contribution in [0, 0.1) is 6.92 Å². The molecule has 7 heteroatoms. The first kappa shape index (κ1) is 20.4. The summed E-state index contributed by atoms with van der Waals surface area (Å²) in [6.45, 7) is 3.71. The summed E-state index contributed by atoms with van der Waals surface area (Å²) in [6, 6.07) is 15.7. The third-order valence-electron chi connectivity index (χ3n) is 4.20. The quantitative estimate of drug-likeness (QED) is 0.510. The highest BCUT2D eigenvalue weighted by atomic mass is 35.5. The molecule has 3 aromatic rings. The highest BCUT2D eigenvalue weighted by Gasteiger charge is 2.19. The summed E-state index contributed by atoms with van der Waals surface area (Å²) >= 11 is 13.5. The van der Waals surface area contributed by atoms with E-state index in [0.717, 1.165) is 11.1 Å². The minimum Gasteiger partial charge on any atom is -0.345 e. The summed E-state index contributed by atoms with van der Waals surface area (Å²) in [7, 11) is 0. The molecule has 1 unspecified atom stereocenters. The van der Waals surface area contributed by atoms with Gasteiger partial charge in [-0.3, -0.25) is 9.59 Å². The van der Waals surface area contributed by atoms with Crippen LogP contribution in [0.2, 0.25) is 10.0 Å². The Balaban J connectivity index is 1.73. The number of hydrogen-bond donors (Lipinski definition) is 2. The number of thiophene rings is 1. The summed E-state index contributed by atoms with van der Waals surface area (Å²) in [4.78, 5) is 25.7. The van der Waals surface area contributed by atoms with E-state index in [1.165, 1.54) is 11.3 Å². The average Bonchev–Trinajstić information content (AvgIpc) is 3.02. The lowest BCUT2D eigenvalue weighted by atomic mass is 10.1. The second-order valence-corrected chi connectivity index (χ2v) is 8.14. The summed E-state index contributed by atoms with van der Waals surface area (Å²) in [5.74, 6) is -0.531. The number of rotatable bonds is 5. The monoisotopic (exact) mass is 432 g/mol. The Hall–Kier alpha value is -2.34. The number of anilines is 1. The lowest BCUT2D eigenvalue weighted by Crippen LogP contribution is -2.26. The van der Waals surface area contributed by atoms with E-state index in [0.29, 0.717) is 25.5 Å². The minimum absolute atomic E-state index is 0.215.